The third kappa shape index (κ3) is 4.37. The molecule has 1 heterocycles. The van der Waals surface area contributed by atoms with Gasteiger partial charge in [-0.15, -0.1) is 0 Å². The topological polar surface area (TPSA) is 74.6 Å². The number of ether oxygens (including phenoxy) is 3. The molecule has 2 aromatic carbocycles. The van der Waals surface area contributed by atoms with Crippen LogP contribution < -0.4 is 19.5 Å². The molecule has 152 valence electrons. The average molecular weight is 460 g/mol. The molecule has 0 bridgehead atoms. The minimum Gasteiger partial charge on any atom is -0.497 e. The number of benzene rings is 2. The second-order valence-electron chi connectivity index (χ2n) is 6.27. The Hall–Kier alpha value is -3.00. The third-order valence-corrected chi connectivity index (χ3v) is 5.33. The van der Waals surface area contributed by atoms with Gasteiger partial charge in [0.1, 0.15) is 33.6 Å². The maximum absolute atomic E-state index is 13.1. The van der Waals surface area contributed by atoms with Crippen LogP contribution in [0.2, 0.25) is 0 Å². The van der Waals surface area contributed by atoms with Gasteiger partial charge in [-0.1, -0.05) is 12.1 Å². The third-order valence-electron chi connectivity index (χ3n) is 4.55. The zero-order chi connectivity index (χ0) is 21.0. The highest BCUT2D eigenvalue weighted by molar-refractivity contribution is 9.10. The number of methoxy groups -OCH3 is 3. The van der Waals surface area contributed by atoms with Crippen molar-refractivity contribution >= 4 is 21.8 Å². The average Bonchev–Trinajstić information content (AvgIpc) is 3.17. The van der Waals surface area contributed by atoms with Crippen molar-refractivity contribution in [2.24, 2.45) is 7.05 Å². The fraction of sp³-hybridized carbons (Fsp3) is 0.238. The molecule has 3 rings (SSSR count). The van der Waals surface area contributed by atoms with Gasteiger partial charge in [0.05, 0.1) is 21.3 Å². The zero-order valence-corrected chi connectivity index (χ0v) is 18.2. The Morgan fingerprint density at radius 2 is 1.69 bits per heavy atom. The van der Waals surface area contributed by atoms with Crippen LogP contribution in [0.4, 0.5) is 0 Å². The van der Waals surface area contributed by atoms with Gasteiger partial charge in [-0.3, -0.25) is 4.79 Å². The van der Waals surface area contributed by atoms with E-state index < -0.39 is 6.04 Å². The van der Waals surface area contributed by atoms with Crippen molar-refractivity contribution in [2.45, 2.75) is 6.04 Å². The maximum atomic E-state index is 13.1. The van der Waals surface area contributed by atoms with E-state index in [1.807, 2.05) is 42.1 Å². The molecule has 1 unspecified atom stereocenters. The smallest absolute Gasteiger partial charge is 0.252 e. The van der Waals surface area contributed by atoms with Crippen LogP contribution in [0.3, 0.4) is 0 Å². The molecule has 0 spiro atoms. The van der Waals surface area contributed by atoms with Gasteiger partial charge in [-0.2, -0.15) is 0 Å². The summed E-state index contributed by atoms with van der Waals surface area (Å²) in [6.45, 7) is 0. The van der Waals surface area contributed by atoms with Crippen LogP contribution >= 0.6 is 15.9 Å². The number of halogens is 1. The zero-order valence-electron chi connectivity index (χ0n) is 16.6. The first-order chi connectivity index (χ1) is 14.0. The Bertz CT molecular complexity index is 976. The summed E-state index contributed by atoms with van der Waals surface area (Å²) >= 11 is 3.42. The monoisotopic (exact) mass is 459 g/mol. The Kier molecular flexibility index (Phi) is 6.43. The van der Waals surface area contributed by atoms with Gasteiger partial charge in [-0.25, -0.2) is 4.98 Å². The first-order valence-electron chi connectivity index (χ1n) is 8.82. The number of aryl methyl sites for hydroxylation is 1. The molecule has 1 N–H and O–H groups in total. The van der Waals surface area contributed by atoms with Gasteiger partial charge < -0.3 is 24.1 Å². The second-order valence-corrected chi connectivity index (χ2v) is 7.06. The summed E-state index contributed by atoms with van der Waals surface area (Å²) in [6.07, 6.45) is 3.54. The van der Waals surface area contributed by atoms with Crippen LogP contribution in [0.25, 0.3) is 0 Å². The maximum Gasteiger partial charge on any atom is 0.252 e. The van der Waals surface area contributed by atoms with Crippen molar-refractivity contribution < 1.29 is 19.0 Å². The standard InChI is InChI=1S/C21H22BrN3O4/c1-25-10-9-23-20(25)19(13-5-7-15(27-2)8-6-13)24-21(26)14-11-16(28-3)18(22)17(12-14)29-4/h5-12,19H,1-4H3,(H,24,26). The van der Waals surface area contributed by atoms with E-state index in [0.717, 1.165) is 11.3 Å². The van der Waals surface area contributed by atoms with Crippen molar-refractivity contribution in [2.75, 3.05) is 21.3 Å². The van der Waals surface area contributed by atoms with E-state index >= 15 is 0 Å². The number of imidazole rings is 1. The Balaban J connectivity index is 1.98. The first-order valence-corrected chi connectivity index (χ1v) is 9.61. The SMILES string of the molecule is COc1ccc(C(NC(=O)c2cc(OC)c(Br)c(OC)c2)c2nccn2C)cc1. The van der Waals surface area contributed by atoms with Gasteiger partial charge >= 0.3 is 0 Å². The molecule has 29 heavy (non-hydrogen) atoms. The lowest BCUT2D eigenvalue weighted by Crippen LogP contribution is -2.31. The van der Waals surface area contributed by atoms with Gasteiger partial charge in [0.2, 0.25) is 0 Å². The van der Waals surface area contributed by atoms with E-state index in [4.69, 9.17) is 14.2 Å². The molecule has 0 saturated carbocycles. The molecule has 8 heteroatoms. The normalized spacial score (nSPS) is 11.6. The summed E-state index contributed by atoms with van der Waals surface area (Å²) in [5.74, 6) is 2.18. The van der Waals surface area contributed by atoms with Crippen LogP contribution in [0.5, 0.6) is 17.2 Å². The lowest BCUT2D eigenvalue weighted by atomic mass is 10.0. The molecule has 0 aliphatic carbocycles. The van der Waals surface area contributed by atoms with E-state index in [9.17, 15) is 4.79 Å². The molecular formula is C21H22BrN3O4. The van der Waals surface area contributed by atoms with Crippen molar-refractivity contribution in [1.29, 1.82) is 0 Å². The number of hydrogen-bond acceptors (Lipinski definition) is 5. The number of carbonyl (C=O) groups is 1. The summed E-state index contributed by atoms with van der Waals surface area (Å²) in [7, 11) is 6.57. The second kappa shape index (κ2) is 9.00. The number of carbonyl (C=O) groups excluding carboxylic acids is 1. The predicted octanol–water partition coefficient (Wildman–Crippen LogP) is 3.73. The summed E-state index contributed by atoms with van der Waals surface area (Å²) in [5.41, 5.74) is 1.29. The highest BCUT2D eigenvalue weighted by Gasteiger charge is 2.23. The van der Waals surface area contributed by atoms with Crippen molar-refractivity contribution in [3.05, 3.63) is 70.2 Å². The van der Waals surface area contributed by atoms with Crippen molar-refractivity contribution in [3.63, 3.8) is 0 Å². The quantitative estimate of drug-likeness (QED) is 0.582. The molecule has 0 saturated heterocycles. The molecule has 1 aromatic heterocycles. The summed E-state index contributed by atoms with van der Waals surface area (Å²) < 4.78 is 18.5. The van der Waals surface area contributed by atoms with Crippen LogP contribution in [0, 0.1) is 0 Å². The molecule has 0 radical (unpaired) electrons. The first kappa shape index (κ1) is 20.7. The minimum atomic E-state index is -0.450. The number of nitrogens with one attached hydrogen (secondary N) is 1. The molecule has 0 aliphatic rings. The fourth-order valence-electron chi connectivity index (χ4n) is 2.96. The van der Waals surface area contributed by atoms with Gasteiger partial charge in [0.25, 0.3) is 5.91 Å². The largest absolute Gasteiger partial charge is 0.497 e. The fourth-order valence-corrected chi connectivity index (χ4v) is 3.52. The van der Waals surface area contributed by atoms with Crippen LogP contribution in [0.15, 0.2) is 53.3 Å². The number of rotatable bonds is 7. The molecule has 7 nitrogen and oxygen atoms in total. The number of nitrogens with zero attached hydrogens (tertiary/aromatic N) is 2. The minimum absolute atomic E-state index is 0.280. The highest BCUT2D eigenvalue weighted by atomic mass is 79.9. The van der Waals surface area contributed by atoms with Gasteiger partial charge in [0.15, 0.2) is 0 Å². The molecular weight excluding hydrogens is 438 g/mol. The lowest BCUT2D eigenvalue weighted by Gasteiger charge is -2.20. The molecule has 0 fully saturated rings. The van der Waals surface area contributed by atoms with E-state index in [0.29, 0.717) is 27.4 Å². The van der Waals surface area contributed by atoms with E-state index in [-0.39, 0.29) is 5.91 Å². The molecule has 3 aromatic rings. The number of amides is 1. The van der Waals surface area contributed by atoms with Gasteiger partial charge in [-0.05, 0) is 45.8 Å². The Morgan fingerprint density at radius 1 is 1.07 bits per heavy atom. The number of hydrogen-bond donors (Lipinski definition) is 1. The van der Waals surface area contributed by atoms with Gasteiger partial charge in [0, 0.05) is 25.0 Å². The lowest BCUT2D eigenvalue weighted by molar-refractivity contribution is 0.0940. The Morgan fingerprint density at radius 3 is 2.17 bits per heavy atom. The summed E-state index contributed by atoms with van der Waals surface area (Å²) in [6, 6.07) is 10.4. The van der Waals surface area contributed by atoms with Crippen molar-refractivity contribution in [3.8, 4) is 17.2 Å². The van der Waals surface area contributed by atoms with Crippen LogP contribution in [0.1, 0.15) is 27.8 Å². The van der Waals surface area contributed by atoms with E-state index in [1.54, 1.807) is 25.4 Å². The Labute approximate surface area is 177 Å². The summed E-state index contributed by atoms with van der Waals surface area (Å²) in [4.78, 5) is 17.5. The van der Waals surface area contributed by atoms with Crippen molar-refractivity contribution in [1.82, 2.24) is 14.9 Å². The van der Waals surface area contributed by atoms with Crippen LogP contribution in [-0.2, 0) is 7.05 Å². The van der Waals surface area contributed by atoms with Crippen LogP contribution in [-0.4, -0.2) is 36.8 Å². The predicted molar refractivity (Wildman–Crippen MR) is 113 cm³/mol. The number of aromatic nitrogens is 2. The van der Waals surface area contributed by atoms with E-state index in [2.05, 4.69) is 26.2 Å². The molecule has 1 amide bonds. The molecule has 0 aliphatic heterocycles. The highest BCUT2D eigenvalue weighted by Crippen LogP contribution is 2.36. The molecule has 1 atom stereocenters. The van der Waals surface area contributed by atoms with E-state index in [1.165, 1.54) is 14.2 Å². The summed E-state index contributed by atoms with van der Waals surface area (Å²) in [5, 5.41) is 3.06.